The van der Waals surface area contributed by atoms with E-state index in [0.29, 0.717) is 11.6 Å². The minimum Gasteiger partial charge on any atom is -0.376 e. The van der Waals surface area contributed by atoms with Gasteiger partial charge in [0.25, 0.3) is 0 Å². The second kappa shape index (κ2) is 5.09. The van der Waals surface area contributed by atoms with Crippen molar-refractivity contribution in [3.63, 3.8) is 0 Å². The molecule has 3 rings (SSSR count). The van der Waals surface area contributed by atoms with Crippen LogP contribution in [-0.4, -0.2) is 39.0 Å². The molecule has 7 heteroatoms. The largest absolute Gasteiger partial charge is 0.376 e. The zero-order valence-corrected chi connectivity index (χ0v) is 11.4. The highest BCUT2D eigenvalue weighted by atomic mass is 16.5. The number of hydrogen-bond donors (Lipinski definition) is 2. The molecule has 0 aliphatic heterocycles. The van der Waals surface area contributed by atoms with E-state index in [-0.39, 0.29) is 11.5 Å². The molecule has 3 N–H and O–H groups in total. The zero-order valence-electron chi connectivity index (χ0n) is 11.4. The van der Waals surface area contributed by atoms with Crippen LogP contribution in [0.25, 0.3) is 5.82 Å². The third kappa shape index (κ3) is 2.44. The number of nitrogens with one attached hydrogen (secondary N) is 1. The second-order valence-electron chi connectivity index (χ2n) is 5.01. The predicted octanol–water partition coefficient (Wildman–Crippen LogP) is 1.23. The quantitative estimate of drug-likeness (QED) is 0.852. The van der Waals surface area contributed by atoms with Crippen LogP contribution in [0, 0.1) is 0 Å². The molecule has 0 unspecified atom stereocenters. The summed E-state index contributed by atoms with van der Waals surface area (Å²) in [6.07, 6.45) is 6.86. The van der Waals surface area contributed by atoms with E-state index >= 15 is 0 Å². The van der Waals surface area contributed by atoms with Crippen LogP contribution in [0.4, 0.5) is 11.8 Å². The third-order valence-corrected chi connectivity index (χ3v) is 3.76. The van der Waals surface area contributed by atoms with Crippen molar-refractivity contribution >= 4 is 11.8 Å². The number of methoxy groups -OCH3 is 1. The van der Waals surface area contributed by atoms with E-state index in [0.717, 1.165) is 19.4 Å². The molecule has 0 aromatic carbocycles. The molecule has 20 heavy (non-hydrogen) atoms. The van der Waals surface area contributed by atoms with Crippen LogP contribution in [0.2, 0.25) is 0 Å². The molecule has 0 radical (unpaired) electrons. The van der Waals surface area contributed by atoms with Crippen molar-refractivity contribution in [2.24, 2.45) is 0 Å². The third-order valence-electron chi connectivity index (χ3n) is 3.76. The van der Waals surface area contributed by atoms with Gasteiger partial charge in [0, 0.05) is 32.1 Å². The number of nitrogens with two attached hydrogens (primary N) is 1. The predicted molar refractivity (Wildman–Crippen MR) is 75.6 cm³/mol. The summed E-state index contributed by atoms with van der Waals surface area (Å²) >= 11 is 0. The number of hydrogen-bond acceptors (Lipinski definition) is 6. The molecule has 106 valence electrons. The van der Waals surface area contributed by atoms with E-state index in [2.05, 4.69) is 20.4 Å². The number of ether oxygens (including phenoxy) is 1. The van der Waals surface area contributed by atoms with Gasteiger partial charge in [-0.1, -0.05) is 0 Å². The molecule has 0 atom stereocenters. The molecule has 1 aliphatic rings. The fraction of sp³-hybridized carbons (Fsp3) is 0.462. The van der Waals surface area contributed by atoms with Crippen LogP contribution in [0.1, 0.15) is 19.3 Å². The summed E-state index contributed by atoms with van der Waals surface area (Å²) < 4.78 is 7.22. The van der Waals surface area contributed by atoms with Gasteiger partial charge in [0.05, 0.1) is 5.60 Å². The highest BCUT2D eigenvalue weighted by molar-refractivity contribution is 5.45. The van der Waals surface area contributed by atoms with Crippen molar-refractivity contribution in [3.8, 4) is 5.82 Å². The summed E-state index contributed by atoms with van der Waals surface area (Å²) in [6, 6.07) is 3.66. The Hall–Kier alpha value is -2.15. The number of nitrogens with zero attached hydrogens (tertiary/aromatic N) is 4. The normalized spacial score (nSPS) is 16.6. The molecule has 2 aromatic rings. The Morgan fingerprint density at radius 2 is 2.30 bits per heavy atom. The van der Waals surface area contributed by atoms with Crippen LogP contribution in [-0.2, 0) is 4.74 Å². The van der Waals surface area contributed by atoms with Gasteiger partial charge < -0.3 is 15.8 Å². The van der Waals surface area contributed by atoms with E-state index in [1.54, 1.807) is 18.0 Å². The molecule has 1 aliphatic carbocycles. The fourth-order valence-electron chi connectivity index (χ4n) is 2.34. The Labute approximate surface area is 117 Å². The maximum atomic E-state index is 5.75. The summed E-state index contributed by atoms with van der Waals surface area (Å²) in [5.41, 5.74) is 5.69. The first-order chi connectivity index (χ1) is 9.71. The van der Waals surface area contributed by atoms with E-state index < -0.39 is 0 Å². The van der Waals surface area contributed by atoms with Gasteiger partial charge in [0.2, 0.25) is 5.95 Å². The highest BCUT2D eigenvalue weighted by Gasteiger charge is 2.36. The highest BCUT2D eigenvalue weighted by Crippen LogP contribution is 2.35. The molecule has 0 saturated heterocycles. The van der Waals surface area contributed by atoms with E-state index in [9.17, 15) is 0 Å². The molecule has 0 spiro atoms. The van der Waals surface area contributed by atoms with Crippen LogP contribution in [0.5, 0.6) is 0 Å². The Morgan fingerprint density at radius 3 is 2.90 bits per heavy atom. The standard InChI is InChI=1S/C13H18N6O/c1-20-13(4-2-5-13)9-15-10-8-11(18-12(14)17-10)19-7-3-6-16-19/h3,6-8H,2,4-5,9H2,1H3,(H3,14,15,17,18). The number of nitrogen functional groups attached to an aromatic ring is 1. The fourth-order valence-corrected chi connectivity index (χ4v) is 2.34. The Bertz CT molecular complexity index is 573. The van der Waals surface area contributed by atoms with Crippen molar-refractivity contribution in [1.29, 1.82) is 0 Å². The van der Waals surface area contributed by atoms with Gasteiger partial charge in [-0.05, 0) is 25.3 Å². The van der Waals surface area contributed by atoms with Gasteiger partial charge in [-0.3, -0.25) is 0 Å². The smallest absolute Gasteiger partial charge is 0.224 e. The first-order valence-electron chi connectivity index (χ1n) is 6.64. The Morgan fingerprint density at radius 1 is 1.45 bits per heavy atom. The topological polar surface area (TPSA) is 90.9 Å². The molecule has 1 saturated carbocycles. The molecule has 0 bridgehead atoms. The number of anilines is 2. The average Bonchev–Trinajstić information content (AvgIpc) is 2.91. The monoisotopic (exact) mass is 274 g/mol. The molecule has 7 nitrogen and oxygen atoms in total. The minimum absolute atomic E-state index is 0.0639. The average molecular weight is 274 g/mol. The van der Waals surface area contributed by atoms with Gasteiger partial charge >= 0.3 is 0 Å². The van der Waals surface area contributed by atoms with Gasteiger partial charge in [-0.2, -0.15) is 15.1 Å². The molecule has 2 heterocycles. The minimum atomic E-state index is -0.0639. The van der Waals surface area contributed by atoms with E-state index in [4.69, 9.17) is 10.5 Å². The number of aromatic nitrogens is 4. The number of rotatable bonds is 5. The first kappa shape index (κ1) is 12.9. The lowest BCUT2D eigenvalue weighted by Crippen LogP contribution is -2.45. The van der Waals surface area contributed by atoms with Crippen molar-refractivity contribution in [1.82, 2.24) is 19.7 Å². The summed E-state index contributed by atoms with van der Waals surface area (Å²) in [6.45, 7) is 0.721. The maximum Gasteiger partial charge on any atom is 0.224 e. The molecule has 0 amide bonds. The Kier molecular flexibility index (Phi) is 3.27. The van der Waals surface area contributed by atoms with Crippen molar-refractivity contribution in [3.05, 3.63) is 24.5 Å². The van der Waals surface area contributed by atoms with Crippen LogP contribution < -0.4 is 11.1 Å². The molecule has 1 fully saturated rings. The van der Waals surface area contributed by atoms with Gasteiger partial charge in [0.1, 0.15) is 5.82 Å². The lowest BCUT2D eigenvalue weighted by atomic mass is 9.80. The lowest BCUT2D eigenvalue weighted by molar-refractivity contribution is -0.0601. The maximum absolute atomic E-state index is 5.75. The zero-order chi connectivity index (χ0) is 14.0. The van der Waals surface area contributed by atoms with Gasteiger partial charge in [-0.25, -0.2) is 4.68 Å². The summed E-state index contributed by atoms with van der Waals surface area (Å²) in [5, 5.41) is 7.42. The van der Waals surface area contributed by atoms with Crippen LogP contribution in [0.15, 0.2) is 24.5 Å². The SMILES string of the molecule is COC1(CNc2cc(-n3cccn3)nc(N)n2)CCC1. The van der Waals surface area contributed by atoms with Crippen LogP contribution in [0.3, 0.4) is 0 Å². The molecule has 2 aromatic heterocycles. The summed E-state index contributed by atoms with van der Waals surface area (Å²) in [4.78, 5) is 8.37. The van der Waals surface area contributed by atoms with Gasteiger partial charge in [0.15, 0.2) is 5.82 Å². The second-order valence-corrected chi connectivity index (χ2v) is 5.01. The first-order valence-corrected chi connectivity index (χ1v) is 6.64. The molecular formula is C13H18N6O. The van der Waals surface area contributed by atoms with Crippen molar-refractivity contribution in [2.45, 2.75) is 24.9 Å². The van der Waals surface area contributed by atoms with Gasteiger partial charge in [-0.15, -0.1) is 0 Å². The summed E-state index contributed by atoms with van der Waals surface area (Å²) in [5.74, 6) is 1.55. The van der Waals surface area contributed by atoms with Crippen molar-refractivity contribution in [2.75, 3.05) is 24.7 Å². The summed E-state index contributed by atoms with van der Waals surface area (Å²) in [7, 11) is 1.75. The lowest BCUT2D eigenvalue weighted by Gasteiger charge is -2.40. The van der Waals surface area contributed by atoms with E-state index in [1.165, 1.54) is 6.42 Å². The van der Waals surface area contributed by atoms with E-state index in [1.807, 2.05) is 18.3 Å². The molecular weight excluding hydrogens is 256 g/mol. The van der Waals surface area contributed by atoms with Crippen molar-refractivity contribution < 1.29 is 4.74 Å². The Balaban J connectivity index is 1.76. The van der Waals surface area contributed by atoms with Crippen LogP contribution >= 0.6 is 0 Å².